The zero-order valence-corrected chi connectivity index (χ0v) is 15.3. The molecule has 0 N–H and O–H groups in total. The molecule has 0 radical (unpaired) electrons. The van der Waals surface area contributed by atoms with Gasteiger partial charge in [-0.25, -0.2) is 8.42 Å². The van der Waals surface area contributed by atoms with Crippen LogP contribution in [0.1, 0.15) is 19.8 Å². The van der Waals surface area contributed by atoms with Crippen LogP contribution in [-0.4, -0.2) is 64.6 Å². The van der Waals surface area contributed by atoms with Gasteiger partial charge in [-0.2, -0.15) is 4.31 Å². The normalized spacial score (nSPS) is 20.8. The first-order valence-corrected chi connectivity index (χ1v) is 10.1. The maximum Gasteiger partial charge on any atom is 0.243 e. The predicted octanol–water partition coefficient (Wildman–Crippen LogP) is 1.63. The van der Waals surface area contributed by atoms with E-state index in [0.29, 0.717) is 45.3 Å². The first kappa shape index (κ1) is 18.6. The maximum absolute atomic E-state index is 12.9. The van der Waals surface area contributed by atoms with E-state index in [-0.39, 0.29) is 11.4 Å². The molecule has 3 rings (SSSR count). The van der Waals surface area contributed by atoms with Crippen molar-refractivity contribution in [1.29, 1.82) is 0 Å². The van der Waals surface area contributed by atoms with Crippen LogP contribution in [0.25, 0.3) is 0 Å². The van der Waals surface area contributed by atoms with Crippen LogP contribution < -0.4 is 4.74 Å². The van der Waals surface area contributed by atoms with Crippen LogP contribution in [-0.2, 0) is 24.2 Å². The van der Waals surface area contributed by atoms with Crippen LogP contribution in [0.15, 0.2) is 29.2 Å². The molecule has 0 aliphatic carbocycles. The number of nitrogens with zero attached hydrogens (tertiary/aromatic N) is 1. The molecule has 0 atom stereocenters. The van der Waals surface area contributed by atoms with E-state index in [1.165, 1.54) is 4.31 Å². The highest BCUT2D eigenvalue weighted by molar-refractivity contribution is 7.89. The molecule has 0 aromatic heterocycles. The minimum Gasteiger partial charge on any atom is -0.491 e. The van der Waals surface area contributed by atoms with Crippen molar-refractivity contribution >= 4 is 10.0 Å². The number of piperidine rings is 1. The molecule has 1 aromatic carbocycles. The Morgan fingerprint density at radius 3 is 2.56 bits per heavy atom. The minimum atomic E-state index is -3.58. The van der Waals surface area contributed by atoms with E-state index in [0.717, 1.165) is 12.8 Å². The Morgan fingerprint density at radius 2 is 1.88 bits per heavy atom. The highest BCUT2D eigenvalue weighted by Crippen LogP contribution is 2.33. The third-order valence-corrected chi connectivity index (χ3v) is 6.22. The molecule has 2 aliphatic heterocycles. The fourth-order valence-electron chi connectivity index (χ4n) is 3.11. The van der Waals surface area contributed by atoms with Gasteiger partial charge in [-0.1, -0.05) is 0 Å². The Kier molecular flexibility index (Phi) is 5.96. The van der Waals surface area contributed by atoms with Gasteiger partial charge >= 0.3 is 0 Å². The molecule has 2 saturated heterocycles. The Balaban J connectivity index is 1.65. The molecule has 2 aliphatic rings. The molecule has 0 unspecified atom stereocenters. The lowest BCUT2D eigenvalue weighted by Crippen LogP contribution is -2.50. The molecular weight excluding hydrogens is 346 g/mol. The Labute approximate surface area is 148 Å². The van der Waals surface area contributed by atoms with Crippen LogP contribution in [0, 0.1) is 0 Å². The van der Waals surface area contributed by atoms with Crippen molar-refractivity contribution in [2.24, 2.45) is 0 Å². The van der Waals surface area contributed by atoms with Gasteiger partial charge < -0.3 is 18.9 Å². The molecule has 2 heterocycles. The number of hydrogen-bond donors (Lipinski definition) is 0. The number of benzene rings is 1. The summed E-state index contributed by atoms with van der Waals surface area (Å²) in [7, 11) is -3.58. The molecule has 8 heteroatoms. The zero-order valence-electron chi connectivity index (χ0n) is 14.5. The molecule has 2 fully saturated rings. The monoisotopic (exact) mass is 371 g/mol. The van der Waals surface area contributed by atoms with Crippen molar-refractivity contribution in [3.8, 4) is 5.75 Å². The van der Waals surface area contributed by atoms with Gasteiger partial charge in [-0.05, 0) is 37.6 Å². The first-order valence-electron chi connectivity index (χ1n) is 8.64. The van der Waals surface area contributed by atoms with Gasteiger partial charge in [0.05, 0.1) is 31.3 Å². The fourth-order valence-corrected chi connectivity index (χ4v) is 4.62. The summed E-state index contributed by atoms with van der Waals surface area (Å²) in [4.78, 5) is 0.250. The van der Waals surface area contributed by atoms with Gasteiger partial charge in [0, 0.05) is 19.6 Å². The number of ether oxygens (including phenoxy) is 4. The molecule has 1 spiro atoms. The molecule has 25 heavy (non-hydrogen) atoms. The standard InChI is InChI=1S/C17H25NO6S/c1-2-21-10-11-22-15-4-6-16(7-5-15)25(19,20)18-9-3-8-17(14-18)23-12-13-24-17/h4-7H,2-3,8-14H2,1H3. The van der Waals surface area contributed by atoms with E-state index < -0.39 is 15.8 Å². The summed E-state index contributed by atoms with van der Waals surface area (Å²) in [5.74, 6) is -0.149. The quantitative estimate of drug-likeness (QED) is 0.678. The highest BCUT2D eigenvalue weighted by atomic mass is 32.2. The lowest BCUT2D eigenvalue weighted by molar-refractivity contribution is -0.179. The van der Waals surface area contributed by atoms with E-state index in [9.17, 15) is 8.42 Å². The van der Waals surface area contributed by atoms with E-state index in [2.05, 4.69) is 0 Å². The largest absolute Gasteiger partial charge is 0.491 e. The summed E-state index contributed by atoms with van der Waals surface area (Å²) < 4.78 is 49.3. The van der Waals surface area contributed by atoms with Gasteiger partial charge in [0.2, 0.25) is 10.0 Å². The van der Waals surface area contributed by atoms with Gasteiger partial charge in [0.1, 0.15) is 12.4 Å². The smallest absolute Gasteiger partial charge is 0.243 e. The highest BCUT2D eigenvalue weighted by Gasteiger charge is 2.44. The van der Waals surface area contributed by atoms with Crippen LogP contribution in [0.5, 0.6) is 5.75 Å². The van der Waals surface area contributed by atoms with Gasteiger partial charge in [-0.15, -0.1) is 0 Å². The van der Waals surface area contributed by atoms with Gasteiger partial charge in [-0.3, -0.25) is 0 Å². The first-order chi connectivity index (χ1) is 12.1. The molecule has 7 nitrogen and oxygen atoms in total. The minimum absolute atomic E-state index is 0.238. The SMILES string of the molecule is CCOCCOc1ccc(S(=O)(=O)N2CCCC3(C2)OCCO3)cc1. The summed E-state index contributed by atoms with van der Waals surface area (Å²) >= 11 is 0. The average molecular weight is 371 g/mol. The predicted molar refractivity (Wildman–Crippen MR) is 91.1 cm³/mol. The lowest BCUT2D eigenvalue weighted by Gasteiger charge is -2.37. The summed E-state index contributed by atoms with van der Waals surface area (Å²) in [5.41, 5.74) is 0. The van der Waals surface area contributed by atoms with Crippen LogP contribution in [0.4, 0.5) is 0 Å². The summed E-state index contributed by atoms with van der Waals surface area (Å²) in [6.45, 7) is 5.25. The van der Waals surface area contributed by atoms with Crippen molar-refractivity contribution in [1.82, 2.24) is 4.31 Å². The molecule has 0 amide bonds. The second-order valence-electron chi connectivity index (χ2n) is 6.07. The third-order valence-electron chi connectivity index (χ3n) is 4.36. The Bertz CT molecular complexity index is 654. The number of sulfonamides is 1. The lowest BCUT2D eigenvalue weighted by atomic mass is 10.1. The van der Waals surface area contributed by atoms with Gasteiger partial charge in [0.25, 0.3) is 0 Å². The zero-order chi connectivity index (χ0) is 17.8. The Hall–Kier alpha value is -1.19. The third kappa shape index (κ3) is 4.32. The topological polar surface area (TPSA) is 74.3 Å². The maximum atomic E-state index is 12.9. The second kappa shape index (κ2) is 8.01. The molecule has 0 bridgehead atoms. The second-order valence-corrected chi connectivity index (χ2v) is 8.00. The van der Waals surface area contributed by atoms with Crippen LogP contribution in [0.3, 0.4) is 0 Å². The van der Waals surface area contributed by atoms with Gasteiger partial charge in [0.15, 0.2) is 5.79 Å². The summed E-state index contributed by atoms with van der Waals surface area (Å²) in [6, 6.07) is 6.48. The van der Waals surface area contributed by atoms with E-state index >= 15 is 0 Å². The summed E-state index contributed by atoms with van der Waals surface area (Å²) in [6.07, 6.45) is 1.45. The summed E-state index contributed by atoms with van der Waals surface area (Å²) in [5, 5.41) is 0. The van der Waals surface area contributed by atoms with Crippen molar-refractivity contribution in [2.75, 3.05) is 46.1 Å². The molecule has 0 saturated carbocycles. The van der Waals surface area contributed by atoms with Crippen molar-refractivity contribution in [3.63, 3.8) is 0 Å². The van der Waals surface area contributed by atoms with Crippen molar-refractivity contribution < 1.29 is 27.4 Å². The van der Waals surface area contributed by atoms with Crippen LogP contribution >= 0.6 is 0 Å². The average Bonchev–Trinajstić information content (AvgIpc) is 3.07. The molecule has 1 aromatic rings. The molecule has 140 valence electrons. The number of rotatable bonds is 7. The number of hydrogen-bond acceptors (Lipinski definition) is 6. The van der Waals surface area contributed by atoms with E-state index in [1.807, 2.05) is 6.92 Å². The van der Waals surface area contributed by atoms with Crippen LogP contribution in [0.2, 0.25) is 0 Å². The van der Waals surface area contributed by atoms with E-state index in [4.69, 9.17) is 18.9 Å². The van der Waals surface area contributed by atoms with Crippen molar-refractivity contribution in [2.45, 2.75) is 30.4 Å². The van der Waals surface area contributed by atoms with Crippen molar-refractivity contribution in [3.05, 3.63) is 24.3 Å². The fraction of sp³-hybridized carbons (Fsp3) is 0.647. The molecular formula is C17H25NO6S. The Morgan fingerprint density at radius 1 is 1.16 bits per heavy atom. The van der Waals surface area contributed by atoms with E-state index in [1.54, 1.807) is 24.3 Å².